The maximum absolute atomic E-state index is 11.2. The fourth-order valence-corrected chi connectivity index (χ4v) is 8.00. The van der Waals surface area contributed by atoms with E-state index in [4.69, 9.17) is 11.6 Å². The van der Waals surface area contributed by atoms with Gasteiger partial charge in [0.05, 0.1) is 6.16 Å². The summed E-state index contributed by atoms with van der Waals surface area (Å²) in [5.74, 6) is 0. The van der Waals surface area contributed by atoms with Crippen molar-refractivity contribution in [1.29, 1.82) is 0 Å². The summed E-state index contributed by atoms with van der Waals surface area (Å²) in [4.78, 5) is 0. The second-order valence-corrected chi connectivity index (χ2v) is 17.0. The molecule has 0 atom stereocenters. The van der Waals surface area contributed by atoms with E-state index in [1.165, 1.54) is 21.5 Å². The Morgan fingerprint density at radius 3 is 1.12 bits per heavy atom. The maximum Gasteiger partial charge on any atom is 1.00 e. The van der Waals surface area contributed by atoms with Crippen molar-refractivity contribution in [1.82, 2.24) is 0 Å². The van der Waals surface area contributed by atoms with E-state index in [2.05, 4.69) is 103 Å². The van der Waals surface area contributed by atoms with Crippen molar-refractivity contribution in [2.45, 2.75) is 6.16 Å². The van der Waals surface area contributed by atoms with Gasteiger partial charge in [-0.15, -0.1) is 0 Å². The zero-order valence-corrected chi connectivity index (χ0v) is 21.9. The Balaban J connectivity index is 0.000000476. The van der Waals surface area contributed by atoms with E-state index in [0.717, 1.165) is 11.2 Å². The Hall–Kier alpha value is -2.00. The Kier molecular flexibility index (Phi) is 7.48. The summed E-state index contributed by atoms with van der Waals surface area (Å²) in [6, 6.07) is 41.2. The quantitative estimate of drug-likeness (QED) is 0.120. The van der Waals surface area contributed by atoms with Crippen LogP contribution in [0.1, 0.15) is 6.99 Å². The van der Waals surface area contributed by atoms with Crippen molar-refractivity contribution < 1.29 is 18.3 Å². The molecule has 0 amide bonds. The van der Waals surface area contributed by atoms with Crippen LogP contribution in [0.25, 0.3) is 0 Å². The zero-order valence-electron chi connectivity index (χ0n) is 18.7. The van der Waals surface area contributed by atoms with E-state index >= 15 is 0 Å². The van der Waals surface area contributed by atoms with Crippen LogP contribution >= 0.6 is 18.9 Å². The van der Waals surface area contributed by atoms with Gasteiger partial charge in [-0.1, -0.05) is 78.3 Å². The maximum atomic E-state index is 9.93. The molecule has 0 nitrogen and oxygen atoms in total. The normalized spacial score (nSPS) is 13.7. The number of rotatable bonds is 5. The van der Waals surface area contributed by atoms with Crippen molar-refractivity contribution in [3.8, 4) is 0 Å². The van der Waals surface area contributed by atoms with Crippen LogP contribution < -0.4 is 15.9 Å². The van der Waals surface area contributed by atoms with Crippen LogP contribution in [0.4, 0.5) is 16.9 Å². The summed E-state index contributed by atoms with van der Waals surface area (Å²) in [6.07, 6.45) is 0.974. The van der Waals surface area contributed by atoms with Crippen molar-refractivity contribution in [3.05, 3.63) is 126 Å². The molecule has 0 aliphatic rings. The fourth-order valence-electron chi connectivity index (χ4n) is 3.63. The molecule has 34 heavy (non-hydrogen) atoms. The smallest absolute Gasteiger partial charge is 1.00 e. The SMILES string of the molecule is Clc1ccc(C[P+](c2ccccc2)(c2ccccc2)c2ccccc2)cc1.[F][Sb-]([F])([F])([F])([F])[F].[H+]. The van der Waals surface area contributed by atoms with Crippen molar-refractivity contribution >= 4 is 54.3 Å². The molecule has 0 bridgehead atoms. The monoisotopic (exact) mass is 623 g/mol. The largest absolute Gasteiger partial charge is 1.00 e. The topological polar surface area (TPSA) is 0 Å². The minimum absolute atomic E-state index is 0. The van der Waals surface area contributed by atoms with Crippen LogP contribution in [0, 0.1) is 0 Å². The standard InChI is InChI=1S/C25H21ClP.6FH.Sb/c26-22-18-16-21(17-19-22)20-27(23-10-4-1-5-11-23,24-12-6-2-7-13-24)25-14-8-3-9-15-25;;;;;;;/h1-19H,20H2;6*1H;/q+1;;;;;;;+5/p-5. The number of hydrogen-bond donors (Lipinski definition) is 0. The molecule has 0 heterocycles. The summed E-state index contributed by atoms with van der Waals surface area (Å²) in [6.45, 7) is 0. The van der Waals surface area contributed by atoms with Crippen LogP contribution in [0.2, 0.25) is 5.02 Å². The van der Waals surface area contributed by atoms with Crippen LogP contribution in [0.5, 0.6) is 0 Å². The van der Waals surface area contributed by atoms with Gasteiger partial charge in [0.2, 0.25) is 0 Å². The predicted molar refractivity (Wildman–Crippen MR) is 134 cm³/mol. The molecule has 0 aliphatic carbocycles. The summed E-state index contributed by atoms with van der Waals surface area (Å²) in [5, 5.41) is 4.98. The van der Waals surface area contributed by atoms with Crippen LogP contribution in [-0.2, 0) is 6.16 Å². The molecule has 0 N–H and O–H groups in total. The van der Waals surface area contributed by atoms with Crippen molar-refractivity contribution in [2.75, 3.05) is 0 Å². The first kappa shape index (κ1) is 26.6. The first-order valence-electron chi connectivity index (χ1n) is 10.1. The van der Waals surface area contributed by atoms with Crippen molar-refractivity contribution in [2.24, 2.45) is 0 Å². The van der Waals surface area contributed by atoms with E-state index in [0.29, 0.717) is 0 Å². The predicted octanol–water partition coefficient (Wildman–Crippen LogP) is 8.09. The molecular formula is C25H22ClF6PSb+. The molecule has 4 aromatic carbocycles. The second kappa shape index (κ2) is 9.57. The minimum Gasteiger partial charge on any atom is 1.00 e. The molecular weight excluding hydrogens is 602 g/mol. The molecule has 4 aromatic rings. The third kappa shape index (κ3) is 8.34. The van der Waals surface area contributed by atoms with Gasteiger partial charge in [-0.05, 0) is 54.1 Å². The molecule has 180 valence electrons. The minimum atomic E-state index is -11.2. The molecule has 0 saturated heterocycles. The molecule has 0 unspecified atom stereocenters. The number of halogens is 7. The van der Waals surface area contributed by atoms with Gasteiger partial charge in [0.15, 0.2) is 0 Å². The molecule has 4 rings (SSSR count). The average Bonchev–Trinajstić information content (AvgIpc) is 2.78. The van der Waals surface area contributed by atoms with Gasteiger partial charge in [0, 0.05) is 5.02 Å². The summed E-state index contributed by atoms with van der Waals surface area (Å²) < 4.78 is 59.6. The van der Waals surface area contributed by atoms with E-state index in [9.17, 15) is 16.9 Å². The third-order valence-corrected chi connectivity index (χ3v) is 9.55. The molecule has 0 aromatic heterocycles. The first-order valence-corrected chi connectivity index (χ1v) is 18.2. The average molecular weight is 625 g/mol. The van der Waals surface area contributed by atoms with Crippen LogP contribution in [0.15, 0.2) is 115 Å². The molecule has 0 saturated carbocycles. The Morgan fingerprint density at radius 1 is 0.529 bits per heavy atom. The van der Waals surface area contributed by atoms with E-state index in [-0.39, 0.29) is 1.43 Å². The van der Waals surface area contributed by atoms with Gasteiger partial charge in [-0.2, -0.15) is 0 Å². The Bertz CT molecular complexity index is 1100. The van der Waals surface area contributed by atoms with E-state index < -0.39 is 26.7 Å². The summed E-state index contributed by atoms with van der Waals surface area (Å²) in [5.41, 5.74) is 1.31. The third-order valence-electron chi connectivity index (χ3n) is 4.92. The van der Waals surface area contributed by atoms with Gasteiger partial charge in [0.1, 0.15) is 23.2 Å². The second-order valence-electron chi connectivity index (χ2n) is 7.56. The van der Waals surface area contributed by atoms with Crippen LogP contribution in [0.3, 0.4) is 0 Å². The van der Waals surface area contributed by atoms with Crippen LogP contribution in [-0.4, -0.2) is 19.5 Å². The molecule has 9 heteroatoms. The van der Waals surface area contributed by atoms with Crippen molar-refractivity contribution in [3.63, 3.8) is 0 Å². The molecule has 0 radical (unpaired) electrons. The zero-order chi connectivity index (χ0) is 24.9. The molecule has 0 fully saturated rings. The number of benzene rings is 4. The Morgan fingerprint density at radius 2 is 0.824 bits per heavy atom. The van der Waals surface area contributed by atoms with Gasteiger partial charge in [-0.25, -0.2) is 0 Å². The van der Waals surface area contributed by atoms with E-state index in [1.807, 2.05) is 12.1 Å². The van der Waals surface area contributed by atoms with Gasteiger partial charge in [-0.3, -0.25) is 0 Å². The van der Waals surface area contributed by atoms with Gasteiger partial charge < -0.3 is 0 Å². The fraction of sp³-hybridized carbons (Fsp3) is 0.0400. The Labute approximate surface area is 203 Å². The molecule has 0 aliphatic heterocycles. The first-order chi connectivity index (χ1) is 15.7. The van der Waals surface area contributed by atoms with Gasteiger partial charge in [0.25, 0.3) is 0 Å². The summed E-state index contributed by atoms with van der Waals surface area (Å²) >= 11 is -5.11. The molecule has 0 spiro atoms. The van der Waals surface area contributed by atoms with E-state index in [1.54, 1.807) is 0 Å². The number of hydrogen-bond acceptors (Lipinski definition) is 0. The summed E-state index contributed by atoms with van der Waals surface area (Å²) in [7, 11) is -1.83. The van der Waals surface area contributed by atoms with Gasteiger partial charge >= 0.3 is 37.8 Å².